The van der Waals surface area contributed by atoms with E-state index in [0.29, 0.717) is 24.3 Å². The second-order valence-corrected chi connectivity index (χ2v) is 5.09. The Bertz CT molecular complexity index is 736. The highest BCUT2D eigenvalue weighted by Crippen LogP contribution is 2.25. The first-order chi connectivity index (χ1) is 11.1. The topological polar surface area (TPSA) is 74.3 Å². The van der Waals surface area contributed by atoms with Crippen molar-refractivity contribution in [1.82, 2.24) is 10.3 Å². The number of aromatic nitrogens is 1. The summed E-state index contributed by atoms with van der Waals surface area (Å²) in [5, 5.41) is 5.36. The molecule has 3 rings (SSSR count). The van der Waals surface area contributed by atoms with Crippen LogP contribution in [0.25, 0.3) is 0 Å². The molecule has 2 heterocycles. The number of amides is 3. The highest BCUT2D eigenvalue weighted by Gasteiger charge is 2.22. The monoisotopic (exact) mass is 314 g/mol. The molecule has 0 atom stereocenters. The summed E-state index contributed by atoms with van der Waals surface area (Å²) in [5.41, 5.74) is 1.01. The van der Waals surface area contributed by atoms with Gasteiger partial charge < -0.3 is 10.6 Å². The number of hydrogen-bond donors (Lipinski definition) is 2. The maximum Gasteiger partial charge on any atom is 0.321 e. The van der Waals surface area contributed by atoms with Crippen molar-refractivity contribution in [1.29, 1.82) is 0 Å². The number of rotatable bonds is 3. The fourth-order valence-corrected chi connectivity index (χ4v) is 2.36. The van der Waals surface area contributed by atoms with Gasteiger partial charge in [-0.3, -0.25) is 14.7 Å². The molecule has 0 unspecified atom stereocenters. The lowest BCUT2D eigenvalue weighted by Gasteiger charge is -2.28. The molecule has 118 valence electrons. The third-order valence-electron chi connectivity index (χ3n) is 3.52. The van der Waals surface area contributed by atoms with E-state index in [1.54, 1.807) is 12.1 Å². The summed E-state index contributed by atoms with van der Waals surface area (Å²) in [6.45, 7) is 1.01. The number of nitrogens with zero attached hydrogens (tertiary/aromatic N) is 2. The van der Waals surface area contributed by atoms with Crippen molar-refractivity contribution in [2.75, 3.05) is 23.3 Å². The Morgan fingerprint density at radius 1 is 1.26 bits per heavy atom. The number of urea groups is 1. The zero-order chi connectivity index (χ0) is 16.2. The van der Waals surface area contributed by atoms with Gasteiger partial charge >= 0.3 is 6.03 Å². The molecule has 23 heavy (non-hydrogen) atoms. The van der Waals surface area contributed by atoms with E-state index in [1.165, 1.54) is 35.5 Å². The first-order valence-electron chi connectivity index (χ1n) is 7.21. The molecule has 0 bridgehead atoms. The number of halogens is 1. The van der Waals surface area contributed by atoms with Gasteiger partial charge in [0.05, 0.1) is 5.69 Å². The Labute approximate surface area is 132 Å². The van der Waals surface area contributed by atoms with Gasteiger partial charge in [0.25, 0.3) is 5.91 Å². The Hall–Kier alpha value is -2.96. The summed E-state index contributed by atoms with van der Waals surface area (Å²) < 4.78 is 14.0. The van der Waals surface area contributed by atoms with Gasteiger partial charge in [-0.1, -0.05) is 0 Å². The third-order valence-corrected chi connectivity index (χ3v) is 3.52. The number of anilines is 2. The van der Waals surface area contributed by atoms with Crippen LogP contribution in [-0.2, 0) is 0 Å². The van der Waals surface area contributed by atoms with Crippen LogP contribution in [0.3, 0.4) is 0 Å². The minimum absolute atomic E-state index is 0.148. The summed E-state index contributed by atoms with van der Waals surface area (Å²) in [5.74, 6) is -0.836. The predicted molar refractivity (Wildman–Crippen MR) is 84.0 cm³/mol. The van der Waals surface area contributed by atoms with Gasteiger partial charge in [-0.25, -0.2) is 9.18 Å². The van der Waals surface area contributed by atoms with Crippen LogP contribution in [0, 0.1) is 5.82 Å². The number of carbonyl (C=O) groups excluding carboxylic acids is 2. The number of nitrogens with one attached hydrogen (secondary N) is 2. The third kappa shape index (κ3) is 3.28. The lowest BCUT2D eigenvalue weighted by Crippen LogP contribution is -2.46. The molecule has 3 amide bonds. The van der Waals surface area contributed by atoms with Gasteiger partial charge in [0.15, 0.2) is 0 Å². The molecular formula is C16H15FN4O2. The van der Waals surface area contributed by atoms with Crippen molar-refractivity contribution in [3.05, 3.63) is 54.1 Å². The SMILES string of the molecule is O=C(Nc1ccc(F)c(N2CCCNC2=O)c1)c1ccncc1. The standard InChI is InChI=1S/C16H15FN4O2/c17-13-3-2-12(20-15(22)11-4-7-18-8-5-11)10-14(13)21-9-1-6-19-16(21)23/h2-5,7-8,10H,1,6,9H2,(H,19,23)(H,20,22). The van der Waals surface area contributed by atoms with Crippen molar-refractivity contribution in [3.63, 3.8) is 0 Å². The molecule has 6 nitrogen and oxygen atoms in total. The second-order valence-electron chi connectivity index (χ2n) is 5.09. The molecule has 2 N–H and O–H groups in total. The van der Waals surface area contributed by atoms with Crippen molar-refractivity contribution in [3.8, 4) is 0 Å². The molecule has 7 heteroatoms. The first kappa shape index (κ1) is 15.0. The van der Waals surface area contributed by atoms with Crippen LogP contribution in [-0.4, -0.2) is 30.0 Å². The van der Waals surface area contributed by atoms with E-state index < -0.39 is 5.82 Å². The number of carbonyl (C=O) groups is 2. The molecule has 1 aromatic carbocycles. The Morgan fingerprint density at radius 3 is 2.78 bits per heavy atom. The maximum atomic E-state index is 14.0. The minimum Gasteiger partial charge on any atom is -0.338 e. The maximum absolute atomic E-state index is 14.0. The van der Waals surface area contributed by atoms with E-state index in [1.807, 2.05) is 0 Å². The van der Waals surface area contributed by atoms with Crippen LogP contribution in [0.2, 0.25) is 0 Å². The van der Waals surface area contributed by atoms with E-state index in [-0.39, 0.29) is 17.6 Å². The molecule has 0 saturated carbocycles. The smallest absolute Gasteiger partial charge is 0.321 e. The zero-order valence-electron chi connectivity index (χ0n) is 12.3. The van der Waals surface area contributed by atoms with Crippen LogP contribution >= 0.6 is 0 Å². The van der Waals surface area contributed by atoms with Gasteiger partial charge in [0, 0.05) is 36.7 Å². The lowest BCUT2D eigenvalue weighted by atomic mass is 10.2. The first-order valence-corrected chi connectivity index (χ1v) is 7.21. The highest BCUT2D eigenvalue weighted by atomic mass is 19.1. The largest absolute Gasteiger partial charge is 0.338 e. The molecule has 0 radical (unpaired) electrons. The molecule has 1 aromatic heterocycles. The highest BCUT2D eigenvalue weighted by molar-refractivity contribution is 6.04. The molecule has 1 fully saturated rings. The Kier molecular flexibility index (Phi) is 4.18. The summed E-state index contributed by atoms with van der Waals surface area (Å²) in [6, 6.07) is 6.97. The molecule has 0 spiro atoms. The normalized spacial score (nSPS) is 14.3. The zero-order valence-corrected chi connectivity index (χ0v) is 12.3. The average molecular weight is 314 g/mol. The molecule has 1 aliphatic rings. The lowest BCUT2D eigenvalue weighted by molar-refractivity contribution is 0.102. The fraction of sp³-hybridized carbons (Fsp3) is 0.188. The molecule has 1 saturated heterocycles. The molecular weight excluding hydrogens is 299 g/mol. The van der Waals surface area contributed by atoms with Crippen molar-refractivity contribution >= 4 is 23.3 Å². The van der Waals surface area contributed by atoms with E-state index in [2.05, 4.69) is 15.6 Å². The van der Waals surface area contributed by atoms with Crippen LogP contribution in [0.5, 0.6) is 0 Å². The van der Waals surface area contributed by atoms with Gasteiger partial charge in [0.1, 0.15) is 5.82 Å². The van der Waals surface area contributed by atoms with Crippen LogP contribution in [0.4, 0.5) is 20.6 Å². The van der Waals surface area contributed by atoms with Crippen molar-refractivity contribution in [2.24, 2.45) is 0 Å². The Morgan fingerprint density at radius 2 is 2.04 bits per heavy atom. The average Bonchev–Trinajstić information content (AvgIpc) is 2.58. The van der Waals surface area contributed by atoms with Gasteiger partial charge in [-0.15, -0.1) is 0 Å². The van der Waals surface area contributed by atoms with Crippen LogP contribution in [0.15, 0.2) is 42.7 Å². The van der Waals surface area contributed by atoms with E-state index in [4.69, 9.17) is 0 Å². The van der Waals surface area contributed by atoms with Crippen LogP contribution in [0.1, 0.15) is 16.8 Å². The summed E-state index contributed by atoms with van der Waals surface area (Å²) in [7, 11) is 0. The van der Waals surface area contributed by atoms with Gasteiger partial charge in [0.2, 0.25) is 0 Å². The van der Waals surface area contributed by atoms with E-state index in [0.717, 1.165) is 6.42 Å². The number of benzene rings is 1. The summed E-state index contributed by atoms with van der Waals surface area (Å²) in [4.78, 5) is 29.2. The minimum atomic E-state index is -0.510. The van der Waals surface area contributed by atoms with E-state index in [9.17, 15) is 14.0 Å². The van der Waals surface area contributed by atoms with Gasteiger partial charge in [-0.2, -0.15) is 0 Å². The fourth-order valence-electron chi connectivity index (χ4n) is 2.36. The predicted octanol–water partition coefficient (Wildman–Crippen LogP) is 2.39. The van der Waals surface area contributed by atoms with Gasteiger partial charge in [-0.05, 0) is 36.8 Å². The Balaban J connectivity index is 1.83. The second kappa shape index (κ2) is 6.43. The quantitative estimate of drug-likeness (QED) is 0.913. The molecule has 2 aromatic rings. The molecule has 1 aliphatic heterocycles. The molecule has 0 aliphatic carbocycles. The number of pyridine rings is 1. The van der Waals surface area contributed by atoms with Crippen molar-refractivity contribution in [2.45, 2.75) is 6.42 Å². The van der Waals surface area contributed by atoms with Crippen molar-refractivity contribution < 1.29 is 14.0 Å². The summed E-state index contributed by atoms with van der Waals surface area (Å²) >= 11 is 0. The van der Waals surface area contributed by atoms with E-state index >= 15 is 0 Å². The number of hydrogen-bond acceptors (Lipinski definition) is 3. The summed E-state index contributed by atoms with van der Waals surface area (Å²) in [6.07, 6.45) is 3.77. The van der Waals surface area contributed by atoms with Crippen LogP contribution < -0.4 is 15.5 Å².